The second kappa shape index (κ2) is 3.62. The smallest absolute Gasteiger partial charge is 0.126 e. The SMILES string of the molecule is C/C(=C\c1ccco1)C1(CO)CCC1. The number of furan rings is 1. The van der Waals surface area contributed by atoms with Gasteiger partial charge in [0.2, 0.25) is 0 Å². The highest BCUT2D eigenvalue weighted by atomic mass is 16.3. The first-order chi connectivity index (χ1) is 6.77. The summed E-state index contributed by atoms with van der Waals surface area (Å²) in [6.07, 6.45) is 7.14. The average molecular weight is 192 g/mol. The van der Waals surface area contributed by atoms with Crippen LogP contribution in [0.4, 0.5) is 0 Å². The van der Waals surface area contributed by atoms with Crippen molar-refractivity contribution in [2.24, 2.45) is 5.41 Å². The summed E-state index contributed by atoms with van der Waals surface area (Å²) in [4.78, 5) is 0. The monoisotopic (exact) mass is 192 g/mol. The van der Waals surface area contributed by atoms with E-state index in [-0.39, 0.29) is 12.0 Å². The van der Waals surface area contributed by atoms with Gasteiger partial charge in [0.25, 0.3) is 0 Å². The van der Waals surface area contributed by atoms with Gasteiger partial charge in [0, 0.05) is 5.41 Å². The summed E-state index contributed by atoms with van der Waals surface area (Å²) < 4.78 is 5.25. The molecule has 0 unspecified atom stereocenters. The van der Waals surface area contributed by atoms with Crippen molar-refractivity contribution in [3.63, 3.8) is 0 Å². The van der Waals surface area contributed by atoms with Gasteiger partial charge in [-0.25, -0.2) is 0 Å². The molecule has 0 radical (unpaired) electrons. The van der Waals surface area contributed by atoms with Gasteiger partial charge in [-0.1, -0.05) is 12.0 Å². The van der Waals surface area contributed by atoms with Gasteiger partial charge in [-0.2, -0.15) is 0 Å². The summed E-state index contributed by atoms with van der Waals surface area (Å²) in [5.41, 5.74) is 1.29. The highest BCUT2D eigenvalue weighted by molar-refractivity contribution is 5.49. The molecule has 0 bridgehead atoms. The molecular formula is C12H16O2. The van der Waals surface area contributed by atoms with Gasteiger partial charge in [0.15, 0.2) is 0 Å². The molecule has 0 amide bonds. The minimum atomic E-state index is 0.0484. The van der Waals surface area contributed by atoms with Crippen LogP contribution in [0.1, 0.15) is 31.9 Å². The van der Waals surface area contributed by atoms with Gasteiger partial charge in [-0.05, 0) is 38.0 Å². The Balaban J connectivity index is 2.18. The molecule has 2 heteroatoms. The molecule has 1 aromatic heterocycles. The molecule has 2 rings (SSSR count). The van der Waals surface area contributed by atoms with Crippen LogP contribution in [0, 0.1) is 5.41 Å². The predicted octanol–water partition coefficient (Wildman–Crippen LogP) is 2.85. The van der Waals surface area contributed by atoms with Gasteiger partial charge in [0.05, 0.1) is 12.9 Å². The van der Waals surface area contributed by atoms with Crippen LogP contribution in [-0.2, 0) is 0 Å². The number of hydrogen-bond donors (Lipinski definition) is 1. The van der Waals surface area contributed by atoms with Crippen molar-refractivity contribution in [2.45, 2.75) is 26.2 Å². The Hall–Kier alpha value is -1.02. The van der Waals surface area contributed by atoms with Crippen LogP contribution in [0.25, 0.3) is 6.08 Å². The van der Waals surface area contributed by atoms with Gasteiger partial charge in [0.1, 0.15) is 5.76 Å². The fraction of sp³-hybridized carbons (Fsp3) is 0.500. The largest absolute Gasteiger partial charge is 0.465 e. The van der Waals surface area contributed by atoms with Crippen LogP contribution >= 0.6 is 0 Å². The summed E-state index contributed by atoms with van der Waals surface area (Å²) >= 11 is 0. The Morgan fingerprint density at radius 1 is 1.64 bits per heavy atom. The average Bonchev–Trinajstić information content (AvgIpc) is 2.55. The molecule has 0 saturated heterocycles. The molecule has 1 heterocycles. The van der Waals surface area contributed by atoms with Crippen molar-refractivity contribution in [2.75, 3.05) is 6.61 Å². The fourth-order valence-corrected chi connectivity index (χ4v) is 2.02. The van der Waals surface area contributed by atoms with Gasteiger partial charge in [-0.3, -0.25) is 0 Å². The Morgan fingerprint density at radius 2 is 2.43 bits per heavy atom. The molecule has 1 aliphatic rings. The van der Waals surface area contributed by atoms with Crippen molar-refractivity contribution in [3.05, 3.63) is 29.7 Å². The summed E-state index contributed by atoms with van der Waals surface area (Å²) in [5.74, 6) is 0.877. The topological polar surface area (TPSA) is 33.4 Å². The molecule has 1 aliphatic carbocycles. The van der Waals surface area contributed by atoms with Gasteiger partial charge < -0.3 is 9.52 Å². The summed E-state index contributed by atoms with van der Waals surface area (Å²) in [6, 6.07) is 3.82. The van der Waals surface area contributed by atoms with Crippen LogP contribution in [0.5, 0.6) is 0 Å². The second-order valence-electron chi connectivity index (χ2n) is 4.13. The third kappa shape index (κ3) is 1.50. The maximum Gasteiger partial charge on any atom is 0.126 e. The van der Waals surface area contributed by atoms with Crippen molar-refractivity contribution in [3.8, 4) is 0 Å². The maximum absolute atomic E-state index is 9.36. The van der Waals surface area contributed by atoms with E-state index in [0.717, 1.165) is 18.6 Å². The standard InChI is InChI=1S/C12H16O2/c1-10(8-11-4-2-7-14-11)12(9-13)5-3-6-12/h2,4,7-8,13H,3,5-6,9H2,1H3/b10-8+. The molecule has 2 nitrogen and oxygen atoms in total. The van der Waals surface area contributed by atoms with E-state index in [1.807, 2.05) is 18.2 Å². The Bertz CT molecular complexity index is 313. The van der Waals surface area contributed by atoms with E-state index in [4.69, 9.17) is 4.42 Å². The van der Waals surface area contributed by atoms with Crippen molar-refractivity contribution in [1.29, 1.82) is 0 Å². The van der Waals surface area contributed by atoms with Crippen LogP contribution in [0.15, 0.2) is 28.4 Å². The molecular weight excluding hydrogens is 176 g/mol. The molecule has 0 aliphatic heterocycles. The second-order valence-corrected chi connectivity index (χ2v) is 4.13. The zero-order chi connectivity index (χ0) is 10.0. The summed E-state index contributed by atoms with van der Waals surface area (Å²) in [6.45, 7) is 2.34. The molecule has 0 atom stereocenters. The van der Waals surface area contributed by atoms with Crippen LogP contribution < -0.4 is 0 Å². The van der Waals surface area contributed by atoms with Crippen molar-refractivity contribution in [1.82, 2.24) is 0 Å². The van der Waals surface area contributed by atoms with Crippen LogP contribution in [-0.4, -0.2) is 11.7 Å². The van der Waals surface area contributed by atoms with E-state index in [1.54, 1.807) is 6.26 Å². The first-order valence-electron chi connectivity index (χ1n) is 5.10. The van der Waals surface area contributed by atoms with Gasteiger partial charge in [-0.15, -0.1) is 0 Å². The molecule has 1 aromatic rings. The Kier molecular flexibility index (Phi) is 2.46. The molecule has 1 saturated carbocycles. The number of aliphatic hydroxyl groups is 1. The number of hydrogen-bond acceptors (Lipinski definition) is 2. The quantitative estimate of drug-likeness (QED) is 0.798. The normalized spacial score (nSPS) is 20.6. The summed E-state index contributed by atoms with van der Waals surface area (Å²) in [7, 11) is 0. The fourth-order valence-electron chi connectivity index (χ4n) is 2.02. The zero-order valence-electron chi connectivity index (χ0n) is 8.49. The molecule has 0 spiro atoms. The lowest BCUT2D eigenvalue weighted by Crippen LogP contribution is -2.34. The lowest BCUT2D eigenvalue weighted by molar-refractivity contribution is 0.0817. The highest BCUT2D eigenvalue weighted by Crippen LogP contribution is 2.46. The molecule has 1 fully saturated rings. The van der Waals surface area contributed by atoms with E-state index < -0.39 is 0 Å². The van der Waals surface area contributed by atoms with E-state index in [2.05, 4.69) is 6.92 Å². The number of rotatable bonds is 3. The minimum absolute atomic E-state index is 0.0484. The molecule has 14 heavy (non-hydrogen) atoms. The minimum Gasteiger partial charge on any atom is -0.465 e. The van der Waals surface area contributed by atoms with Crippen LogP contribution in [0.2, 0.25) is 0 Å². The zero-order valence-corrected chi connectivity index (χ0v) is 8.49. The number of aliphatic hydroxyl groups excluding tert-OH is 1. The van der Waals surface area contributed by atoms with Gasteiger partial charge >= 0.3 is 0 Å². The first kappa shape index (κ1) is 9.53. The third-order valence-corrected chi connectivity index (χ3v) is 3.35. The Labute approximate surface area is 84.2 Å². The highest BCUT2D eigenvalue weighted by Gasteiger charge is 2.37. The van der Waals surface area contributed by atoms with Crippen molar-refractivity contribution >= 4 is 6.08 Å². The lowest BCUT2D eigenvalue weighted by atomic mass is 9.65. The van der Waals surface area contributed by atoms with Crippen molar-refractivity contribution < 1.29 is 9.52 Å². The first-order valence-corrected chi connectivity index (χ1v) is 5.10. The van der Waals surface area contributed by atoms with E-state index >= 15 is 0 Å². The molecule has 76 valence electrons. The van der Waals surface area contributed by atoms with E-state index in [0.29, 0.717) is 0 Å². The van der Waals surface area contributed by atoms with E-state index in [9.17, 15) is 5.11 Å². The third-order valence-electron chi connectivity index (χ3n) is 3.35. The van der Waals surface area contributed by atoms with E-state index in [1.165, 1.54) is 12.0 Å². The summed E-state index contributed by atoms with van der Waals surface area (Å²) in [5, 5.41) is 9.36. The maximum atomic E-state index is 9.36. The molecule has 0 aromatic carbocycles. The van der Waals surface area contributed by atoms with Crippen LogP contribution in [0.3, 0.4) is 0 Å². The predicted molar refractivity (Wildman–Crippen MR) is 55.7 cm³/mol. The lowest BCUT2D eigenvalue weighted by Gasteiger charge is -2.41. The molecule has 1 N–H and O–H groups in total. The Morgan fingerprint density at radius 3 is 2.86 bits per heavy atom.